The molecular weight excluding hydrogens is 210 g/mol. The smallest absolute Gasteiger partial charge is 0.186 e. The molecule has 5 heteroatoms. The maximum Gasteiger partial charge on any atom is 0.186 e. The van der Waals surface area contributed by atoms with E-state index >= 15 is 0 Å². The maximum atomic E-state index is 10.6. The summed E-state index contributed by atoms with van der Waals surface area (Å²) in [5.74, 6) is 6.46. The average molecular weight is 221 g/mol. The zero-order valence-electron chi connectivity index (χ0n) is 8.28. The number of carbonyl (C=O) groups excluding carboxylic acids is 1. The van der Waals surface area contributed by atoms with E-state index in [1.807, 2.05) is 0 Å². The van der Waals surface area contributed by atoms with E-state index in [1.165, 1.54) is 18.7 Å². The van der Waals surface area contributed by atoms with Crippen LogP contribution in [0.3, 0.4) is 0 Å². The first-order valence-corrected chi connectivity index (χ1v) is 5.21. The van der Waals surface area contributed by atoms with Crippen molar-refractivity contribution in [2.75, 3.05) is 17.2 Å². The lowest BCUT2D eigenvalue weighted by Crippen LogP contribution is -1.97. The van der Waals surface area contributed by atoms with Crippen molar-refractivity contribution in [2.24, 2.45) is 0 Å². The van der Waals surface area contributed by atoms with Gasteiger partial charge in [0.25, 0.3) is 0 Å². The normalized spacial score (nSPS) is 9.13. The Balaban J connectivity index is 2.64. The van der Waals surface area contributed by atoms with Gasteiger partial charge >= 0.3 is 0 Å². The minimum absolute atomic E-state index is 0.0549. The molecular formula is C10H11N3OS. The number of pyridine rings is 1. The summed E-state index contributed by atoms with van der Waals surface area (Å²) < 4.78 is 0. The average Bonchev–Trinajstić information content (AvgIpc) is 2.18. The number of hydrogen-bond acceptors (Lipinski definition) is 5. The van der Waals surface area contributed by atoms with Gasteiger partial charge in [0.1, 0.15) is 5.82 Å². The van der Waals surface area contributed by atoms with Crippen LogP contribution >= 0.6 is 11.8 Å². The lowest BCUT2D eigenvalue weighted by Gasteiger charge is -1.97. The molecule has 1 aromatic heterocycles. The van der Waals surface area contributed by atoms with Crippen LogP contribution in [-0.4, -0.2) is 15.9 Å². The third kappa shape index (κ3) is 3.92. The number of rotatable bonds is 1. The molecule has 0 aliphatic heterocycles. The van der Waals surface area contributed by atoms with Gasteiger partial charge in [-0.1, -0.05) is 23.6 Å². The molecule has 0 bridgehead atoms. The summed E-state index contributed by atoms with van der Waals surface area (Å²) >= 11 is 1.17. The highest BCUT2D eigenvalue weighted by atomic mass is 32.2. The number of carbonyl (C=O) groups is 1. The Kier molecular flexibility index (Phi) is 4.01. The number of thioether (sulfide) groups is 1. The summed E-state index contributed by atoms with van der Waals surface area (Å²) in [7, 11) is 0. The van der Waals surface area contributed by atoms with Crippen LogP contribution in [0.1, 0.15) is 12.5 Å². The van der Waals surface area contributed by atoms with Crippen LogP contribution < -0.4 is 11.5 Å². The molecule has 0 aliphatic carbocycles. The Labute approximate surface area is 92.4 Å². The van der Waals surface area contributed by atoms with Gasteiger partial charge in [-0.3, -0.25) is 4.79 Å². The highest BCUT2D eigenvalue weighted by Crippen LogP contribution is 2.11. The van der Waals surface area contributed by atoms with Gasteiger partial charge in [0.05, 0.1) is 11.4 Å². The van der Waals surface area contributed by atoms with E-state index in [0.29, 0.717) is 22.8 Å². The van der Waals surface area contributed by atoms with E-state index in [1.54, 1.807) is 12.3 Å². The number of nitrogen functional groups attached to an aromatic ring is 2. The molecule has 0 spiro atoms. The zero-order valence-corrected chi connectivity index (χ0v) is 9.10. The Morgan fingerprint density at radius 1 is 1.60 bits per heavy atom. The third-order valence-electron chi connectivity index (χ3n) is 1.53. The van der Waals surface area contributed by atoms with Crippen LogP contribution in [0.15, 0.2) is 12.3 Å². The topological polar surface area (TPSA) is 82.0 Å². The summed E-state index contributed by atoms with van der Waals surface area (Å²) in [5.41, 5.74) is 12.1. The van der Waals surface area contributed by atoms with Crippen molar-refractivity contribution in [3.8, 4) is 11.8 Å². The minimum Gasteiger partial charge on any atom is -0.396 e. The van der Waals surface area contributed by atoms with Crippen LogP contribution in [0.2, 0.25) is 0 Å². The van der Waals surface area contributed by atoms with Gasteiger partial charge in [0, 0.05) is 18.7 Å². The molecule has 0 aliphatic rings. The molecule has 4 nitrogen and oxygen atoms in total. The van der Waals surface area contributed by atoms with Gasteiger partial charge in [0.15, 0.2) is 5.12 Å². The van der Waals surface area contributed by atoms with Crippen LogP contribution in [-0.2, 0) is 4.79 Å². The number of nitrogens with two attached hydrogens (primary N) is 2. The molecule has 0 saturated heterocycles. The first-order valence-electron chi connectivity index (χ1n) is 4.23. The summed E-state index contributed by atoms with van der Waals surface area (Å²) in [5, 5.41) is 0.0549. The molecule has 15 heavy (non-hydrogen) atoms. The molecule has 0 radical (unpaired) electrons. The first kappa shape index (κ1) is 11.4. The second-order valence-electron chi connectivity index (χ2n) is 2.78. The number of aromatic nitrogens is 1. The Morgan fingerprint density at radius 3 is 2.93 bits per heavy atom. The molecule has 0 aromatic carbocycles. The zero-order chi connectivity index (χ0) is 11.3. The van der Waals surface area contributed by atoms with Crippen molar-refractivity contribution in [1.29, 1.82) is 0 Å². The molecule has 0 fully saturated rings. The van der Waals surface area contributed by atoms with Crippen molar-refractivity contribution in [1.82, 2.24) is 4.98 Å². The number of hydrogen-bond donors (Lipinski definition) is 2. The van der Waals surface area contributed by atoms with Gasteiger partial charge < -0.3 is 11.5 Å². The van der Waals surface area contributed by atoms with Gasteiger partial charge in [-0.2, -0.15) is 0 Å². The van der Waals surface area contributed by atoms with E-state index in [0.717, 1.165) is 0 Å². The van der Waals surface area contributed by atoms with Crippen molar-refractivity contribution >= 4 is 28.4 Å². The predicted octanol–water partition coefficient (Wildman–Crippen LogP) is 0.877. The predicted molar refractivity (Wildman–Crippen MR) is 63.1 cm³/mol. The largest absolute Gasteiger partial charge is 0.396 e. The van der Waals surface area contributed by atoms with Gasteiger partial charge in [-0.15, -0.1) is 0 Å². The first-order chi connectivity index (χ1) is 7.09. The SMILES string of the molecule is CC(=O)SCC#Cc1cnc(N)c(N)c1. The van der Waals surface area contributed by atoms with Crippen molar-refractivity contribution in [3.63, 3.8) is 0 Å². The van der Waals surface area contributed by atoms with Crippen molar-refractivity contribution in [3.05, 3.63) is 17.8 Å². The van der Waals surface area contributed by atoms with Gasteiger partial charge in [0.2, 0.25) is 0 Å². The third-order valence-corrected chi connectivity index (χ3v) is 2.23. The molecule has 78 valence electrons. The molecule has 1 heterocycles. The standard InChI is InChI=1S/C10H11N3OS/c1-7(14)15-4-2-3-8-5-9(11)10(12)13-6-8/h5-6H,4,11H2,1H3,(H2,12,13). The Morgan fingerprint density at radius 2 is 2.33 bits per heavy atom. The van der Waals surface area contributed by atoms with E-state index in [9.17, 15) is 4.79 Å². The maximum absolute atomic E-state index is 10.6. The Bertz CT molecular complexity index is 434. The lowest BCUT2D eigenvalue weighted by molar-refractivity contribution is -0.109. The second kappa shape index (κ2) is 5.27. The quantitative estimate of drug-likeness (QED) is 0.688. The summed E-state index contributed by atoms with van der Waals surface area (Å²) in [6.45, 7) is 1.51. The fourth-order valence-corrected chi connectivity index (χ4v) is 1.18. The van der Waals surface area contributed by atoms with Crippen molar-refractivity contribution < 1.29 is 4.79 Å². The summed E-state index contributed by atoms with van der Waals surface area (Å²) in [6, 6.07) is 1.66. The van der Waals surface area contributed by atoms with E-state index in [2.05, 4.69) is 16.8 Å². The fraction of sp³-hybridized carbons (Fsp3) is 0.200. The van der Waals surface area contributed by atoms with E-state index in [-0.39, 0.29) is 5.12 Å². The van der Waals surface area contributed by atoms with Crippen LogP contribution in [0.4, 0.5) is 11.5 Å². The van der Waals surface area contributed by atoms with Crippen LogP contribution in [0.5, 0.6) is 0 Å². The van der Waals surface area contributed by atoms with Crippen molar-refractivity contribution in [2.45, 2.75) is 6.92 Å². The van der Waals surface area contributed by atoms with E-state index in [4.69, 9.17) is 11.5 Å². The monoisotopic (exact) mass is 221 g/mol. The highest BCUT2D eigenvalue weighted by molar-refractivity contribution is 8.13. The van der Waals surface area contributed by atoms with Crippen LogP contribution in [0, 0.1) is 11.8 Å². The van der Waals surface area contributed by atoms with Gasteiger partial charge in [-0.25, -0.2) is 4.98 Å². The second-order valence-corrected chi connectivity index (χ2v) is 3.93. The van der Waals surface area contributed by atoms with Gasteiger partial charge in [-0.05, 0) is 6.07 Å². The number of anilines is 2. The molecule has 1 aromatic rings. The lowest BCUT2D eigenvalue weighted by atomic mass is 10.2. The van der Waals surface area contributed by atoms with Crippen LogP contribution in [0.25, 0.3) is 0 Å². The molecule has 0 atom stereocenters. The molecule has 0 saturated carbocycles. The summed E-state index contributed by atoms with van der Waals surface area (Å²) in [6.07, 6.45) is 1.55. The van der Waals surface area contributed by atoms with E-state index < -0.39 is 0 Å². The molecule has 4 N–H and O–H groups in total. The fourth-order valence-electron chi connectivity index (χ4n) is 0.837. The minimum atomic E-state index is 0.0549. The molecule has 0 amide bonds. The highest BCUT2D eigenvalue weighted by Gasteiger charge is 1.95. The molecule has 1 rings (SSSR count). The summed E-state index contributed by atoms with van der Waals surface area (Å²) in [4.78, 5) is 14.5. The molecule has 0 unspecified atom stereocenters. The number of nitrogens with zero attached hydrogens (tertiary/aromatic N) is 1. The Hall–Kier alpha value is -1.67.